The molecule has 0 amide bonds. The molecule has 5 unspecified atom stereocenters. The molecule has 134 heavy (non-hydrogen) atoms. The zero-order chi connectivity index (χ0) is 98.1. The van der Waals surface area contributed by atoms with Crippen molar-refractivity contribution in [2.45, 2.75) is 242 Å². The molecule has 20 atom stereocenters. The average molecular weight is 2030 g/mol. The summed E-state index contributed by atoms with van der Waals surface area (Å²) >= 11 is 6.30. The van der Waals surface area contributed by atoms with Gasteiger partial charge in [0.15, 0.2) is 80.0 Å². The van der Waals surface area contributed by atoms with E-state index < -0.39 is 157 Å². The minimum Gasteiger partial charge on any atom is -0.397 e. The van der Waals surface area contributed by atoms with Crippen LogP contribution in [0, 0.1) is 0 Å². The van der Waals surface area contributed by atoms with Crippen LogP contribution in [0.1, 0.15) is 129 Å². The van der Waals surface area contributed by atoms with Crippen molar-refractivity contribution in [1.82, 2.24) is 72.7 Å². The number of aliphatic hydroxyl groups excluding tert-OH is 10. The third kappa shape index (κ3) is 26.7. The third-order valence-corrected chi connectivity index (χ3v) is 34.8. The molecule has 0 aromatic carbocycles. The highest BCUT2D eigenvalue weighted by molar-refractivity contribution is 7.99. The summed E-state index contributed by atoms with van der Waals surface area (Å²) in [4.78, 5) is 44.7. The molecule has 0 radical (unpaired) electrons. The van der Waals surface area contributed by atoms with Gasteiger partial charge in [-0.1, -0.05) is 94.0 Å². The number of nitrogens with zero attached hydrogens (tertiary/aromatic N) is 15. The van der Waals surface area contributed by atoms with Crippen LogP contribution in [0.3, 0.4) is 0 Å². The summed E-state index contributed by atoms with van der Waals surface area (Å²) in [5.74, 6) is 3.62. The average Bonchev–Trinajstić information content (AvgIpc) is 1.61. The number of hydrogen-bond donors (Lipinski definition) is 16. The van der Waals surface area contributed by atoms with Crippen LogP contribution >= 0.6 is 81.5 Å². The van der Waals surface area contributed by atoms with Crippen molar-refractivity contribution in [3.05, 3.63) is 61.3 Å². The van der Waals surface area contributed by atoms with Crippen molar-refractivity contribution in [3.8, 4) is 0 Å². The summed E-state index contributed by atoms with van der Waals surface area (Å²) < 4.78 is 39.0. The molecule has 15 heterocycles. The van der Waals surface area contributed by atoms with Gasteiger partial charge in [0.2, 0.25) is 5.95 Å². The second kappa shape index (κ2) is 46.7. The lowest BCUT2D eigenvalue weighted by Crippen LogP contribution is -2.32. The van der Waals surface area contributed by atoms with Gasteiger partial charge in [0.1, 0.15) is 88.6 Å². The van der Waals surface area contributed by atoms with E-state index >= 15 is 0 Å². The number of pyridine rings is 5. The maximum atomic E-state index is 10.8. The van der Waals surface area contributed by atoms with Crippen LogP contribution in [0.15, 0.2) is 81.9 Å². The predicted molar refractivity (Wildman–Crippen MR) is 564 cm³/mol. The molecule has 5 aliphatic rings. The maximum absolute atomic E-state index is 10.8. The van der Waals surface area contributed by atoms with Crippen molar-refractivity contribution in [2.75, 3.05) is 155 Å². The molecule has 5 fully saturated rings. The Balaban J connectivity index is 0.000000161. The number of imidazole rings is 5. The molecule has 0 aliphatic carbocycles. The van der Waals surface area contributed by atoms with E-state index in [1.807, 2.05) is 6.92 Å². The number of hydrogen-bond acceptors (Lipinski definition) is 35. The van der Waals surface area contributed by atoms with Gasteiger partial charge in [0.05, 0.1) is 59.0 Å². The smallest absolute Gasteiger partial charge is 0.204 e. The standard InChI is InChI=1S/C20H33N4O3PS.C19H31N4O3PS.C18H29N4O3PS.C17H27N4O3PS.C15H24N5O3P/c1-5-6-7-12-29-20-23-15-13(21)8-10-22-18(15)24(20)19-17(26)16(25)14(27-19)9-11-28(2,3)4;1-5-6-11-28-19-22-14-12(20)7-9-21-17(14)23(19)18-16(25)15(24)13(26-18)8-10-27(2,3)4;1-5-10-27-18-21-13-11(19)6-8-20-16(13)22(18)17-15(24)14(23)12(25-17)7-9-26(2,3)4;1-5-26-17-20-12-10(18)6-8-19-15(12)21(17)16-14(23)13(22)11(24-16)7-9-25(2,3)4;1-24(2,3)7-5-9-11(21)12(22)14(23-9)20-13-10(19-15(20)17)8(16)4-6-18-13/h8,10,14,16-17,19,25-26H,2,5-7,9,11-12H2,1,3-4H3,(H2,21,22);7,9,13,15-16,18,24-25H,2,5-6,8,10-11H2,1,3-4H3,(H2,20,21);6,8,12,14-15,17,23-24H,2,5,7,9-10H2,1,3-4H3,(H2,19,20);6,8,11,13-14,16,22-23H,2,5,7,9H2,1,3-4H3,(H2,18,19);4,6,9,11-12,14,21-22H,1,5,7H2,2-3H3,(H2,16,18)(H2,17,19)/t14-,16-,17-,19?;13-,15-,16-,18?;12-,14-,15-,17?;11-,13-,14-,16?;9-,11-,12-,14?/m11111/s1. The fourth-order valence-electron chi connectivity index (χ4n) is 16.0. The summed E-state index contributed by atoms with van der Waals surface area (Å²) in [6.45, 7) is 23.7. The molecule has 5 saturated heterocycles. The van der Waals surface area contributed by atoms with Crippen LogP contribution in [0.4, 0.5) is 34.4 Å². The van der Waals surface area contributed by atoms with Crippen molar-refractivity contribution in [1.29, 1.82) is 0 Å². The second-order valence-corrected chi connectivity index (χ2v) is 64.3. The van der Waals surface area contributed by atoms with Crippen LogP contribution in [-0.2, 0) is 23.7 Å². The quantitative estimate of drug-likeness (QED) is 0.0101. The predicted octanol–water partition coefficient (Wildman–Crippen LogP) is 10.0. The van der Waals surface area contributed by atoms with Gasteiger partial charge >= 0.3 is 0 Å². The number of thioether (sulfide) groups is 4. The van der Waals surface area contributed by atoms with E-state index in [1.165, 1.54) is 16.3 Å². The van der Waals surface area contributed by atoms with E-state index in [2.05, 4.69) is 169 Å². The number of rotatable bonds is 34. The van der Waals surface area contributed by atoms with Gasteiger partial charge in [-0.15, -0.1) is 65.9 Å². The Labute approximate surface area is 803 Å². The highest BCUT2D eigenvalue weighted by Crippen LogP contribution is 2.49. The fraction of sp³-hybridized carbons (Fsp3) is 0.607. The van der Waals surface area contributed by atoms with Gasteiger partial charge in [-0.25, -0.2) is 49.8 Å². The SMILES string of the molecule is C=P(C)(C)CC[C@H]1OC(n2c(N)nc3c(N)ccnc32)[C@H](O)[C@@H]1O.C=P(C)(C)CC[C@H]1OC(n2c(SCC)nc3c(N)ccnc32)[C@H](O)[C@@H]1O.C=P(C)(C)CC[C@H]1OC(n2c(SCCC)nc3c(N)ccnc32)[C@H](O)[C@@H]1O.C=P(C)(C)CC[C@H]1OC(n2c(SCCCC)nc3c(N)ccnc32)[C@H](O)[C@@H]1O.C=P(C)(C)CC[C@H]1OC(n2c(SCCCCC)nc3c(N)ccnc32)[C@H](O)[C@@H]1O. The van der Waals surface area contributed by atoms with Crippen LogP contribution in [0.2, 0.25) is 0 Å². The lowest BCUT2D eigenvalue weighted by atomic mass is 10.1. The Morgan fingerprint density at radius 1 is 0.299 bits per heavy atom. The number of nitrogen functional groups attached to an aromatic ring is 6. The Morgan fingerprint density at radius 3 is 0.761 bits per heavy atom. The van der Waals surface area contributed by atoms with Crippen LogP contribution in [0.25, 0.3) is 55.8 Å². The summed E-state index contributed by atoms with van der Waals surface area (Å²) in [6, 6.07) is 8.46. The first-order valence-corrected chi connectivity index (χ1v) is 64.6. The number of nitrogens with two attached hydrogens (primary N) is 6. The van der Waals surface area contributed by atoms with Gasteiger partial charge in [-0.3, -0.25) is 22.8 Å². The summed E-state index contributed by atoms with van der Waals surface area (Å²) in [7, 11) is 0. The van der Waals surface area contributed by atoms with Crippen LogP contribution < -0.4 is 34.4 Å². The Morgan fingerprint density at radius 2 is 0.522 bits per heavy atom. The highest BCUT2D eigenvalue weighted by atomic mass is 32.2. The zero-order valence-electron chi connectivity index (χ0n) is 79.6. The van der Waals surface area contributed by atoms with E-state index in [4.69, 9.17) is 58.1 Å². The van der Waals surface area contributed by atoms with E-state index in [-0.39, 0.29) is 5.95 Å². The number of aromatic nitrogens is 15. The summed E-state index contributed by atoms with van der Waals surface area (Å²) in [6.07, 6.45) is 27.1. The first kappa shape index (κ1) is 109. The molecule has 744 valence electrons. The number of fused-ring (bicyclic) bond motifs is 5. The van der Waals surface area contributed by atoms with Crippen LogP contribution in [-0.4, -0.2) is 367 Å². The largest absolute Gasteiger partial charge is 0.397 e. The molecule has 0 bridgehead atoms. The molecule has 5 aliphatic heterocycles. The molecule has 36 nitrogen and oxygen atoms in total. The molecule has 10 aromatic rings. The highest BCUT2D eigenvalue weighted by Gasteiger charge is 2.51. The van der Waals surface area contributed by atoms with Gasteiger partial charge < -0.3 is 109 Å². The van der Waals surface area contributed by atoms with Crippen molar-refractivity contribution in [3.63, 3.8) is 0 Å². The van der Waals surface area contributed by atoms with E-state index in [1.54, 1.807) is 115 Å². The Bertz CT molecular complexity index is 5870. The minimum absolute atomic E-state index is 0.136. The fourth-order valence-corrected chi connectivity index (χ4v) is 24.5. The number of aliphatic hydroxyl groups is 10. The molecule has 22 N–H and O–H groups in total. The number of unbranched alkanes of at least 4 members (excludes halogenated alkanes) is 3. The van der Waals surface area contributed by atoms with Gasteiger partial charge in [-0.2, -0.15) is 0 Å². The monoisotopic (exact) mass is 2030 g/mol. The first-order chi connectivity index (χ1) is 63.1. The van der Waals surface area contributed by atoms with E-state index in [9.17, 15) is 51.1 Å². The molecule has 0 saturated carbocycles. The molecule has 45 heteroatoms. The summed E-state index contributed by atoms with van der Waals surface area (Å²) in [5.41, 5.74) is 44.3. The lowest BCUT2D eigenvalue weighted by Gasteiger charge is -2.20. The zero-order valence-corrected chi connectivity index (χ0v) is 87.3. The minimum atomic E-state index is -1.25. The Hall–Kier alpha value is -5.80. The van der Waals surface area contributed by atoms with Gasteiger partial charge in [-0.05, 0) is 185 Å². The number of ether oxygens (including phenoxy) is 5. The van der Waals surface area contributed by atoms with Crippen molar-refractivity contribution in [2.24, 2.45) is 0 Å². The van der Waals surface area contributed by atoms with E-state index in [0.29, 0.717) is 137 Å². The van der Waals surface area contributed by atoms with Crippen LogP contribution in [0.5, 0.6) is 0 Å². The molecular formula is C89H144N21O15P5S4. The number of anilines is 6. The first-order valence-electron chi connectivity index (χ1n) is 45.4. The normalized spacial score (nSPS) is 26.2. The van der Waals surface area contributed by atoms with E-state index in [0.717, 1.165) is 92.3 Å². The van der Waals surface area contributed by atoms with Gasteiger partial charge in [0, 0.05) is 48.2 Å². The van der Waals surface area contributed by atoms with Crippen molar-refractivity contribution >= 4 is 203 Å². The van der Waals surface area contributed by atoms with Crippen molar-refractivity contribution < 1.29 is 74.7 Å². The topological polar surface area (TPSA) is 558 Å². The Kier molecular flexibility index (Phi) is 37.9. The lowest BCUT2D eigenvalue weighted by molar-refractivity contribution is -0.0400. The molecular weight excluding hydrogens is 1890 g/mol. The summed E-state index contributed by atoms with van der Waals surface area (Å²) in [5, 5.41) is 109. The molecule has 10 aromatic heterocycles. The second-order valence-electron chi connectivity index (χ2n) is 38.3. The molecule has 0 spiro atoms. The maximum Gasteiger partial charge on any atom is 0.204 e. The molecule has 15 rings (SSSR count). The van der Waals surface area contributed by atoms with Gasteiger partial charge in [0.25, 0.3) is 0 Å². The third-order valence-electron chi connectivity index (χ3n) is 23.4.